The third-order valence-electron chi connectivity index (χ3n) is 4.40. The lowest BCUT2D eigenvalue weighted by atomic mass is 9.93. The Labute approximate surface area is 178 Å². The number of aromatic amines is 1. The van der Waals surface area contributed by atoms with Gasteiger partial charge in [0.25, 0.3) is 0 Å². The van der Waals surface area contributed by atoms with Crippen LogP contribution in [0.1, 0.15) is 50.8 Å². The normalized spacial score (nSPS) is 12.6. The Morgan fingerprint density at radius 3 is 2.32 bits per heavy atom. The molecule has 0 bridgehead atoms. The van der Waals surface area contributed by atoms with E-state index in [1.165, 1.54) is 5.56 Å². The molecule has 0 fully saturated rings. The summed E-state index contributed by atoms with van der Waals surface area (Å²) in [4.78, 5) is 16.7. The standard InChI is InChI=1S/C19H25N5.C2HF3O2/c1-14(15-8-6-5-7-9-15)24-11-10-17(23-24)21-13-18-20-12-16(22-18)19(2,3)4;3-2(4,5)1(6)7/h5-12,14H,13H2,1-4H3,(H,20,22)(H,21,23);(H,6,7). The summed E-state index contributed by atoms with van der Waals surface area (Å²) >= 11 is 0. The van der Waals surface area contributed by atoms with E-state index in [4.69, 9.17) is 9.90 Å². The van der Waals surface area contributed by atoms with Crippen LogP contribution in [-0.2, 0) is 16.8 Å². The number of nitrogens with zero attached hydrogens (tertiary/aromatic N) is 3. The molecule has 2 aromatic heterocycles. The number of aromatic nitrogens is 4. The van der Waals surface area contributed by atoms with Crippen LogP contribution in [0.25, 0.3) is 0 Å². The number of H-pyrrole nitrogens is 1. The van der Waals surface area contributed by atoms with Crippen molar-refractivity contribution in [2.75, 3.05) is 5.32 Å². The second-order valence-electron chi connectivity index (χ2n) is 7.92. The number of carboxylic acid groups (broad SMARTS) is 1. The minimum Gasteiger partial charge on any atom is -0.475 e. The molecule has 0 spiro atoms. The van der Waals surface area contributed by atoms with E-state index in [9.17, 15) is 13.2 Å². The molecule has 1 unspecified atom stereocenters. The van der Waals surface area contributed by atoms with Crippen molar-refractivity contribution in [1.29, 1.82) is 0 Å². The number of hydrogen-bond acceptors (Lipinski definition) is 4. The summed E-state index contributed by atoms with van der Waals surface area (Å²) in [6, 6.07) is 12.6. The summed E-state index contributed by atoms with van der Waals surface area (Å²) in [5.41, 5.74) is 2.47. The summed E-state index contributed by atoms with van der Waals surface area (Å²) in [6.07, 6.45) is -1.17. The minimum absolute atomic E-state index is 0.0813. The Kier molecular flexibility index (Phi) is 7.48. The third-order valence-corrected chi connectivity index (χ3v) is 4.40. The lowest BCUT2D eigenvalue weighted by Gasteiger charge is -2.15. The van der Waals surface area contributed by atoms with Gasteiger partial charge in [-0.05, 0) is 12.5 Å². The number of halogens is 3. The maximum absolute atomic E-state index is 10.6. The summed E-state index contributed by atoms with van der Waals surface area (Å²) < 4.78 is 33.7. The molecule has 0 saturated heterocycles. The zero-order valence-corrected chi connectivity index (χ0v) is 17.7. The van der Waals surface area contributed by atoms with Crippen LogP contribution in [-0.4, -0.2) is 37.0 Å². The van der Waals surface area contributed by atoms with Crippen molar-refractivity contribution in [3.63, 3.8) is 0 Å². The quantitative estimate of drug-likeness (QED) is 0.535. The number of alkyl halides is 3. The second kappa shape index (κ2) is 9.67. The SMILES string of the molecule is CC(c1ccccc1)n1ccc(NCc2ncc(C(C)(C)C)[nH]2)n1.O=C(O)C(F)(F)F. The van der Waals surface area contributed by atoms with Crippen molar-refractivity contribution >= 4 is 11.8 Å². The largest absolute Gasteiger partial charge is 0.490 e. The highest BCUT2D eigenvalue weighted by Gasteiger charge is 2.38. The van der Waals surface area contributed by atoms with Gasteiger partial charge in [0.1, 0.15) is 11.6 Å². The zero-order valence-electron chi connectivity index (χ0n) is 17.7. The predicted molar refractivity (Wildman–Crippen MR) is 111 cm³/mol. The van der Waals surface area contributed by atoms with E-state index in [1.807, 2.05) is 29.2 Å². The van der Waals surface area contributed by atoms with Gasteiger partial charge in [0, 0.05) is 29.6 Å². The fraction of sp³-hybridized carbons (Fsp3) is 0.381. The van der Waals surface area contributed by atoms with E-state index in [0.29, 0.717) is 6.54 Å². The molecule has 168 valence electrons. The van der Waals surface area contributed by atoms with Gasteiger partial charge >= 0.3 is 12.1 Å². The number of aliphatic carboxylic acids is 1. The molecule has 0 radical (unpaired) electrons. The highest BCUT2D eigenvalue weighted by Crippen LogP contribution is 2.20. The predicted octanol–water partition coefficient (Wildman–Crippen LogP) is 4.76. The number of hydrogen-bond donors (Lipinski definition) is 3. The van der Waals surface area contributed by atoms with Crippen LogP contribution in [0.4, 0.5) is 19.0 Å². The molecular weight excluding hydrogens is 411 g/mol. The van der Waals surface area contributed by atoms with E-state index in [-0.39, 0.29) is 11.5 Å². The molecule has 0 saturated carbocycles. The van der Waals surface area contributed by atoms with Gasteiger partial charge < -0.3 is 15.4 Å². The number of benzene rings is 1. The van der Waals surface area contributed by atoms with Crippen LogP contribution in [0.2, 0.25) is 0 Å². The van der Waals surface area contributed by atoms with Gasteiger partial charge in [-0.25, -0.2) is 9.78 Å². The molecule has 1 aromatic carbocycles. The summed E-state index contributed by atoms with van der Waals surface area (Å²) in [5, 5.41) is 15.1. The summed E-state index contributed by atoms with van der Waals surface area (Å²) in [6.45, 7) is 9.29. The van der Waals surface area contributed by atoms with Crippen molar-refractivity contribution in [2.24, 2.45) is 0 Å². The van der Waals surface area contributed by atoms with E-state index in [2.05, 4.69) is 72.3 Å². The van der Waals surface area contributed by atoms with E-state index < -0.39 is 12.1 Å². The molecule has 0 aliphatic carbocycles. The first-order chi connectivity index (χ1) is 14.4. The lowest BCUT2D eigenvalue weighted by molar-refractivity contribution is -0.192. The van der Waals surface area contributed by atoms with Crippen molar-refractivity contribution in [2.45, 2.75) is 51.9 Å². The summed E-state index contributed by atoms with van der Waals surface area (Å²) in [5.74, 6) is -0.982. The number of anilines is 1. The Morgan fingerprint density at radius 1 is 1.19 bits per heavy atom. The Morgan fingerprint density at radius 2 is 1.81 bits per heavy atom. The van der Waals surface area contributed by atoms with E-state index >= 15 is 0 Å². The first-order valence-corrected chi connectivity index (χ1v) is 9.56. The van der Waals surface area contributed by atoms with Gasteiger partial charge in [-0.2, -0.15) is 18.3 Å². The topological polar surface area (TPSA) is 95.8 Å². The van der Waals surface area contributed by atoms with Gasteiger partial charge in [-0.3, -0.25) is 4.68 Å². The number of carbonyl (C=O) groups is 1. The Hall–Kier alpha value is -3.30. The smallest absolute Gasteiger partial charge is 0.475 e. The molecular formula is C21H26F3N5O2. The van der Waals surface area contributed by atoms with Gasteiger partial charge in [0.05, 0.1) is 12.6 Å². The molecule has 31 heavy (non-hydrogen) atoms. The number of rotatable bonds is 5. The Balaban J connectivity index is 0.000000423. The van der Waals surface area contributed by atoms with Gasteiger partial charge in [0.2, 0.25) is 0 Å². The fourth-order valence-electron chi connectivity index (χ4n) is 2.54. The third kappa shape index (κ3) is 7.16. The van der Waals surface area contributed by atoms with Gasteiger partial charge in [-0.15, -0.1) is 0 Å². The van der Waals surface area contributed by atoms with Crippen LogP contribution in [0.3, 0.4) is 0 Å². The highest BCUT2D eigenvalue weighted by molar-refractivity contribution is 5.73. The van der Waals surface area contributed by atoms with E-state index in [0.717, 1.165) is 17.3 Å². The molecule has 10 heteroatoms. The van der Waals surface area contributed by atoms with Crippen LogP contribution in [0.5, 0.6) is 0 Å². The zero-order chi connectivity index (χ0) is 23.2. The van der Waals surface area contributed by atoms with Crippen molar-refractivity contribution in [3.05, 3.63) is 65.9 Å². The number of carboxylic acids is 1. The van der Waals surface area contributed by atoms with Crippen LogP contribution < -0.4 is 5.32 Å². The minimum atomic E-state index is -5.08. The van der Waals surface area contributed by atoms with Crippen LogP contribution in [0, 0.1) is 0 Å². The van der Waals surface area contributed by atoms with Gasteiger partial charge in [-0.1, -0.05) is 51.1 Å². The van der Waals surface area contributed by atoms with E-state index in [1.54, 1.807) is 0 Å². The maximum atomic E-state index is 10.6. The average molecular weight is 437 g/mol. The molecule has 3 aromatic rings. The molecule has 2 heterocycles. The number of imidazole rings is 1. The van der Waals surface area contributed by atoms with Crippen molar-refractivity contribution < 1.29 is 23.1 Å². The number of nitrogens with one attached hydrogen (secondary N) is 2. The Bertz CT molecular complexity index is 975. The maximum Gasteiger partial charge on any atom is 0.490 e. The molecule has 0 amide bonds. The highest BCUT2D eigenvalue weighted by atomic mass is 19.4. The molecule has 3 N–H and O–H groups in total. The molecule has 3 rings (SSSR count). The molecule has 0 aliphatic rings. The fourth-order valence-corrected chi connectivity index (χ4v) is 2.54. The first kappa shape index (κ1) is 24.0. The van der Waals surface area contributed by atoms with Crippen LogP contribution >= 0.6 is 0 Å². The molecule has 0 aliphatic heterocycles. The summed E-state index contributed by atoms with van der Waals surface area (Å²) in [7, 11) is 0. The second-order valence-corrected chi connectivity index (χ2v) is 7.92. The van der Waals surface area contributed by atoms with Crippen molar-refractivity contribution in [1.82, 2.24) is 19.7 Å². The molecule has 7 nitrogen and oxygen atoms in total. The average Bonchev–Trinajstić information content (AvgIpc) is 3.35. The lowest BCUT2D eigenvalue weighted by Crippen LogP contribution is -2.21. The first-order valence-electron chi connectivity index (χ1n) is 9.56. The molecule has 1 atom stereocenters. The van der Waals surface area contributed by atoms with Crippen molar-refractivity contribution in [3.8, 4) is 0 Å². The monoisotopic (exact) mass is 437 g/mol. The van der Waals surface area contributed by atoms with Crippen LogP contribution in [0.15, 0.2) is 48.8 Å². The van der Waals surface area contributed by atoms with Gasteiger partial charge in [0.15, 0.2) is 0 Å².